The molecule has 1 atom stereocenters. The fraction of sp³-hybridized carbons (Fsp3) is 0.440. The second-order valence-corrected chi connectivity index (χ2v) is 9.16. The molecular weight excluding hydrogens is 653 g/mol. The van der Waals surface area contributed by atoms with Crippen LogP contribution in [0.15, 0.2) is 66.7 Å². The first-order chi connectivity index (χ1) is 19.7. The van der Waals surface area contributed by atoms with Crippen molar-refractivity contribution in [3.05, 3.63) is 77.9 Å². The van der Waals surface area contributed by atoms with Gasteiger partial charge in [0.25, 0.3) is 0 Å². The monoisotopic (exact) mass is 671 g/mol. The van der Waals surface area contributed by atoms with Crippen LogP contribution >= 0.6 is 0 Å². The SMILES string of the molecule is OC(/C=C(/CNCc1ccccc1)c1ccccc1)C(F)(F)C(F)(F)C(F)(F)C(F)(F)C(F)(F)C(F)(F)C(F)(F)C(F)(F)F. The Bertz CT molecular complexity index is 1270. The molecule has 2 nitrogen and oxygen atoms in total. The van der Waals surface area contributed by atoms with Gasteiger partial charge in [0.05, 0.1) is 0 Å². The lowest BCUT2D eigenvalue weighted by Gasteiger charge is -2.43. The van der Waals surface area contributed by atoms with E-state index in [1.807, 2.05) is 0 Å². The van der Waals surface area contributed by atoms with E-state index >= 15 is 0 Å². The summed E-state index contributed by atoms with van der Waals surface area (Å²) in [5, 5.41) is 12.4. The zero-order valence-electron chi connectivity index (χ0n) is 21.2. The molecule has 2 aromatic rings. The van der Waals surface area contributed by atoms with Crippen LogP contribution in [-0.2, 0) is 6.54 Å². The Morgan fingerprint density at radius 3 is 1.39 bits per heavy atom. The highest BCUT2D eigenvalue weighted by molar-refractivity contribution is 5.67. The summed E-state index contributed by atoms with van der Waals surface area (Å²) in [4.78, 5) is 0. The molecule has 44 heavy (non-hydrogen) atoms. The molecule has 0 fully saturated rings. The third-order valence-corrected chi connectivity index (χ3v) is 6.11. The van der Waals surface area contributed by atoms with Gasteiger partial charge in [0.2, 0.25) is 0 Å². The molecule has 0 heterocycles. The van der Waals surface area contributed by atoms with Gasteiger partial charge in [0.1, 0.15) is 6.10 Å². The maximum Gasteiger partial charge on any atom is 0.460 e. The largest absolute Gasteiger partial charge is 0.460 e. The Morgan fingerprint density at radius 2 is 0.955 bits per heavy atom. The van der Waals surface area contributed by atoms with Gasteiger partial charge in [-0.2, -0.15) is 74.6 Å². The van der Waals surface area contributed by atoms with Gasteiger partial charge in [-0.05, 0) is 22.8 Å². The fourth-order valence-electron chi connectivity index (χ4n) is 3.50. The molecule has 0 aromatic heterocycles. The molecule has 2 aromatic carbocycles. The molecule has 0 saturated heterocycles. The Labute approximate surface area is 236 Å². The molecule has 0 amide bonds. The van der Waals surface area contributed by atoms with Gasteiger partial charge < -0.3 is 10.4 Å². The van der Waals surface area contributed by atoms with Crippen molar-refractivity contribution in [1.82, 2.24) is 5.32 Å². The molecule has 0 bridgehead atoms. The van der Waals surface area contributed by atoms with Crippen LogP contribution in [0.5, 0.6) is 0 Å². The lowest BCUT2D eigenvalue weighted by atomic mass is 9.87. The van der Waals surface area contributed by atoms with Crippen molar-refractivity contribution in [2.45, 2.75) is 60.3 Å². The second-order valence-electron chi connectivity index (χ2n) is 9.16. The minimum atomic E-state index is -8.74. The van der Waals surface area contributed by atoms with Gasteiger partial charge in [-0.1, -0.05) is 60.7 Å². The topological polar surface area (TPSA) is 32.3 Å². The number of halogens is 17. The summed E-state index contributed by atoms with van der Waals surface area (Å²) in [5.74, 6) is -57.7. The molecule has 0 spiro atoms. The van der Waals surface area contributed by atoms with Gasteiger partial charge in [0.15, 0.2) is 0 Å². The van der Waals surface area contributed by atoms with Crippen LogP contribution in [0, 0.1) is 0 Å². The average molecular weight is 671 g/mol. The Balaban J connectivity index is 2.53. The molecule has 0 aliphatic rings. The standard InChI is InChI=1S/C25H18F17NO/c26-18(27,17(44)11-16(15-9-5-2-6-10-15)13-43-12-14-7-3-1-4-8-14)19(28,29)20(30,31)21(32,33)22(34,35)23(36,37)24(38,39)25(40,41)42/h1-11,17,43-44H,12-13H2/b16-11-. The molecular formula is C25H18F17NO. The van der Waals surface area contributed by atoms with Crippen molar-refractivity contribution in [3.8, 4) is 0 Å². The first-order valence-electron chi connectivity index (χ1n) is 11.6. The van der Waals surface area contributed by atoms with Crippen LogP contribution in [0.25, 0.3) is 5.57 Å². The first kappa shape index (κ1) is 37.1. The first-order valence-corrected chi connectivity index (χ1v) is 11.6. The molecule has 0 aliphatic carbocycles. The van der Waals surface area contributed by atoms with Crippen LogP contribution in [0.2, 0.25) is 0 Å². The average Bonchev–Trinajstić information content (AvgIpc) is 2.92. The van der Waals surface area contributed by atoms with E-state index in [-0.39, 0.29) is 18.2 Å². The van der Waals surface area contributed by atoms with Gasteiger partial charge in [-0.15, -0.1) is 0 Å². The predicted octanol–water partition coefficient (Wildman–Crippen LogP) is 8.23. The van der Waals surface area contributed by atoms with Crippen LogP contribution in [-0.4, -0.2) is 65.4 Å². The van der Waals surface area contributed by atoms with E-state index < -0.39 is 65.9 Å². The highest BCUT2D eigenvalue weighted by Gasteiger charge is 2.95. The normalized spacial score (nSPS) is 15.8. The summed E-state index contributed by atoms with van der Waals surface area (Å²) in [7, 11) is 0. The van der Waals surface area contributed by atoms with Crippen molar-refractivity contribution >= 4 is 5.57 Å². The van der Waals surface area contributed by atoms with Gasteiger partial charge >= 0.3 is 47.6 Å². The van der Waals surface area contributed by atoms with E-state index in [4.69, 9.17) is 0 Å². The van der Waals surface area contributed by atoms with Crippen molar-refractivity contribution < 1.29 is 79.7 Å². The van der Waals surface area contributed by atoms with Gasteiger partial charge in [-0.3, -0.25) is 0 Å². The summed E-state index contributed by atoms with van der Waals surface area (Å²) in [5.41, 5.74) is -0.238. The summed E-state index contributed by atoms with van der Waals surface area (Å²) < 4.78 is 231. The molecule has 19 heteroatoms. The van der Waals surface area contributed by atoms with E-state index in [9.17, 15) is 79.7 Å². The van der Waals surface area contributed by atoms with Crippen molar-refractivity contribution in [2.24, 2.45) is 0 Å². The molecule has 0 saturated carbocycles. The molecule has 2 rings (SSSR count). The number of hydrogen-bond acceptors (Lipinski definition) is 2. The summed E-state index contributed by atoms with van der Waals surface area (Å²) in [6.07, 6.45) is -12.4. The Hall–Kier alpha value is -3.09. The second kappa shape index (κ2) is 12.0. The number of alkyl halides is 17. The lowest BCUT2D eigenvalue weighted by Crippen LogP contribution is -2.75. The molecule has 1 unspecified atom stereocenters. The number of nitrogens with one attached hydrogen (secondary N) is 1. The fourth-order valence-corrected chi connectivity index (χ4v) is 3.50. The van der Waals surface area contributed by atoms with Crippen molar-refractivity contribution in [2.75, 3.05) is 6.54 Å². The van der Waals surface area contributed by atoms with E-state index in [0.29, 0.717) is 5.56 Å². The number of aliphatic hydroxyl groups is 1. The van der Waals surface area contributed by atoms with E-state index in [1.54, 1.807) is 30.3 Å². The number of aliphatic hydroxyl groups excluding tert-OH is 1. The van der Waals surface area contributed by atoms with Crippen molar-refractivity contribution in [1.29, 1.82) is 0 Å². The van der Waals surface area contributed by atoms with Gasteiger partial charge in [-0.25, -0.2) is 0 Å². The summed E-state index contributed by atoms with van der Waals surface area (Å²) in [6.45, 7) is -0.704. The Kier molecular flexibility index (Phi) is 10.1. The molecule has 0 radical (unpaired) electrons. The minimum Gasteiger partial charge on any atom is -0.382 e. The lowest BCUT2D eigenvalue weighted by molar-refractivity contribution is -0.463. The molecule has 0 aliphatic heterocycles. The zero-order chi connectivity index (χ0) is 34.2. The zero-order valence-corrected chi connectivity index (χ0v) is 21.2. The number of hydrogen-bond donors (Lipinski definition) is 2. The molecule has 2 N–H and O–H groups in total. The van der Waals surface area contributed by atoms with E-state index in [2.05, 4.69) is 5.32 Å². The summed E-state index contributed by atoms with van der Waals surface area (Å²) in [6, 6.07) is 13.8. The minimum absolute atomic E-state index is 0.0657. The quantitative estimate of drug-likeness (QED) is 0.211. The highest BCUT2D eigenvalue weighted by Crippen LogP contribution is 2.64. The van der Waals surface area contributed by atoms with Crippen LogP contribution < -0.4 is 5.32 Å². The maximum absolute atomic E-state index is 14.6. The number of benzene rings is 2. The van der Waals surface area contributed by atoms with Crippen molar-refractivity contribution in [3.63, 3.8) is 0 Å². The smallest absolute Gasteiger partial charge is 0.382 e. The number of rotatable bonds is 13. The van der Waals surface area contributed by atoms with E-state index in [1.165, 1.54) is 18.2 Å². The maximum atomic E-state index is 14.6. The highest BCUT2D eigenvalue weighted by atomic mass is 19.4. The Morgan fingerprint density at radius 1 is 0.568 bits per heavy atom. The molecule has 248 valence electrons. The predicted molar refractivity (Wildman–Crippen MR) is 119 cm³/mol. The van der Waals surface area contributed by atoms with Crippen LogP contribution in [0.1, 0.15) is 11.1 Å². The summed E-state index contributed by atoms with van der Waals surface area (Å²) >= 11 is 0. The third-order valence-electron chi connectivity index (χ3n) is 6.11. The van der Waals surface area contributed by atoms with Crippen LogP contribution in [0.4, 0.5) is 74.6 Å². The third kappa shape index (κ3) is 6.08. The van der Waals surface area contributed by atoms with Crippen LogP contribution in [0.3, 0.4) is 0 Å². The van der Waals surface area contributed by atoms with E-state index in [0.717, 1.165) is 12.1 Å². The van der Waals surface area contributed by atoms with Gasteiger partial charge in [0, 0.05) is 13.1 Å².